The zero-order valence-corrected chi connectivity index (χ0v) is 15.4. The first kappa shape index (κ1) is 18.2. The number of benzene rings is 1. The van der Waals surface area contributed by atoms with E-state index in [4.69, 9.17) is 9.47 Å². The summed E-state index contributed by atoms with van der Waals surface area (Å²) in [4.78, 5) is 17.1. The van der Waals surface area contributed by atoms with Crippen molar-refractivity contribution in [3.63, 3.8) is 0 Å². The second kappa shape index (κ2) is 8.68. The number of ether oxygens (including phenoxy) is 2. The predicted octanol–water partition coefficient (Wildman–Crippen LogP) is 2.54. The molecule has 0 aliphatic carbocycles. The second-order valence-electron chi connectivity index (χ2n) is 7.17. The molecule has 25 heavy (non-hydrogen) atoms. The molecule has 0 radical (unpaired) electrons. The number of carbonyl (C=O) groups excluding carboxylic acids is 1. The molecule has 2 fully saturated rings. The monoisotopic (exact) mass is 346 g/mol. The lowest BCUT2D eigenvalue weighted by Crippen LogP contribution is -2.52. The summed E-state index contributed by atoms with van der Waals surface area (Å²) in [6, 6.07) is 8.70. The van der Waals surface area contributed by atoms with Gasteiger partial charge in [-0.2, -0.15) is 0 Å². The number of likely N-dealkylation sites (tertiary alicyclic amines) is 2. The molecule has 3 rings (SSSR count). The zero-order valence-electron chi connectivity index (χ0n) is 15.4. The van der Waals surface area contributed by atoms with Gasteiger partial charge in [-0.25, -0.2) is 0 Å². The fourth-order valence-electron chi connectivity index (χ4n) is 4.29. The van der Waals surface area contributed by atoms with Gasteiger partial charge in [-0.05, 0) is 42.9 Å². The van der Waals surface area contributed by atoms with Crippen molar-refractivity contribution in [3.8, 4) is 5.75 Å². The van der Waals surface area contributed by atoms with E-state index in [9.17, 15) is 4.79 Å². The number of nitrogens with zero attached hydrogens (tertiary/aromatic N) is 2. The highest BCUT2D eigenvalue weighted by molar-refractivity contribution is 5.76. The van der Waals surface area contributed by atoms with Crippen molar-refractivity contribution < 1.29 is 14.3 Å². The molecule has 2 aliphatic rings. The van der Waals surface area contributed by atoms with Crippen LogP contribution in [0.3, 0.4) is 0 Å². The molecule has 0 aromatic heterocycles. The van der Waals surface area contributed by atoms with Crippen molar-refractivity contribution in [2.75, 3.05) is 40.5 Å². The number of amides is 1. The molecule has 0 unspecified atom stereocenters. The summed E-state index contributed by atoms with van der Waals surface area (Å²) in [5.41, 5.74) is 1.29. The molecule has 5 nitrogen and oxygen atoms in total. The topological polar surface area (TPSA) is 42.0 Å². The fourth-order valence-corrected chi connectivity index (χ4v) is 4.29. The van der Waals surface area contributed by atoms with Crippen LogP contribution in [0.15, 0.2) is 24.3 Å². The molecule has 138 valence electrons. The smallest absolute Gasteiger partial charge is 0.222 e. The maximum absolute atomic E-state index is 12.5. The standard InChI is InChI=1S/C20H30N2O3/c1-24-12-11-22-19-9-10-21(15-17(19)6-4-8-20(22)23)14-16-5-3-7-18(13-16)25-2/h3,5,7,13,17,19H,4,6,8-12,14-15H2,1-2H3/t17-,19+/m0/s1. The van der Waals surface area contributed by atoms with Crippen LogP contribution in [-0.2, 0) is 16.1 Å². The van der Waals surface area contributed by atoms with Crippen molar-refractivity contribution in [2.45, 2.75) is 38.3 Å². The van der Waals surface area contributed by atoms with Gasteiger partial charge in [0.05, 0.1) is 13.7 Å². The summed E-state index contributed by atoms with van der Waals surface area (Å²) in [6.07, 6.45) is 3.90. The first-order valence-corrected chi connectivity index (χ1v) is 9.35. The number of methoxy groups -OCH3 is 2. The average molecular weight is 346 g/mol. The Bertz CT molecular complexity index is 578. The van der Waals surface area contributed by atoms with Crippen molar-refractivity contribution >= 4 is 5.91 Å². The third-order valence-corrected chi connectivity index (χ3v) is 5.54. The zero-order chi connectivity index (χ0) is 17.6. The molecule has 1 aromatic rings. The van der Waals surface area contributed by atoms with E-state index in [0.29, 0.717) is 30.9 Å². The number of hydrogen-bond donors (Lipinski definition) is 0. The lowest BCUT2D eigenvalue weighted by atomic mass is 9.88. The van der Waals surface area contributed by atoms with Gasteiger partial charge in [-0.15, -0.1) is 0 Å². The molecule has 0 N–H and O–H groups in total. The van der Waals surface area contributed by atoms with E-state index < -0.39 is 0 Å². The summed E-state index contributed by atoms with van der Waals surface area (Å²) in [5, 5.41) is 0. The number of fused-ring (bicyclic) bond motifs is 1. The van der Waals surface area contributed by atoms with E-state index in [1.54, 1.807) is 14.2 Å². The third-order valence-electron chi connectivity index (χ3n) is 5.54. The minimum Gasteiger partial charge on any atom is -0.497 e. The molecular weight excluding hydrogens is 316 g/mol. The van der Waals surface area contributed by atoms with Crippen molar-refractivity contribution in [3.05, 3.63) is 29.8 Å². The molecule has 1 amide bonds. The van der Waals surface area contributed by atoms with E-state index >= 15 is 0 Å². The summed E-state index contributed by atoms with van der Waals surface area (Å²) in [7, 11) is 3.41. The average Bonchev–Trinajstić information content (AvgIpc) is 2.78. The fraction of sp³-hybridized carbons (Fsp3) is 0.650. The Morgan fingerprint density at radius 1 is 1.24 bits per heavy atom. The summed E-state index contributed by atoms with van der Waals surface area (Å²) in [5.74, 6) is 1.80. The SMILES string of the molecule is COCCN1C(=O)CCC[C@H]2CN(Cc3cccc(OC)c3)CC[C@H]21. The molecule has 0 saturated carbocycles. The van der Waals surface area contributed by atoms with E-state index in [1.165, 1.54) is 5.56 Å². The lowest BCUT2D eigenvalue weighted by molar-refractivity contribution is -0.135. The molecule has 2 heterocycles. The van der Waals surface area contributed by atoms with Gasteiger partial charge in [0.25, 0.3) is 0 Å². The minimum absolute atomic E-state index is 0.311. The van der Waals surface area contributed by atoms with Gasteiger partial charge in [0.2, 0.25) is 5.91 Å². The van der Waals surface area contributed by atoms with Gasteiger partial charge in [0, 0.05) is 45.8 Å². The van der Waals surface area contributed by atoms with Crippen LogP contribution in [0, 0.1) is 5.92 Å². The van der Waals surface area contributed by atoms with Crippen molar-refractivity contribution in [2.24, 2.45) is 5.92 Å². The highest BCUT2D eigenvalue weighted by Gasteiger charge is 2.37. The molecule has 0 bridgehead atoms. The van der Waals surface area contributed by atoms with Gasteiger partial charge in [-0.3, -0.25) is 9.69 Å². The van der Waals surface area contributed by atoms with Gasteiger partial charge >= 0.3 is 0 Å². The van der Waals surface area contributed by atoms with Gasteiger partial charge in [0.1, 0.15) is 5.75 Å². The van der Waals surface area contributed by atoms with Crippen molar-refractivity contribution in [1.82, 2.24) is 9.80 Å². The van der Waals surface area contributed by atoms with E-state index in [1.807, 2.05) is 6.07 Å². The number of piperidine rings is 1. The van der Waals surface area contributed by atoms with E-state index in [0.717, 1.165) is 51.2 Å². The van der Waals surface area contributed by atoms with Crippen LogP contribution in [-0.4, -0.2) is 62.2 Å². The highest BCUT2D eigenvalue weighted by Crippen LogP contribution is 2.31. The number of rotatable bonds is 6. The Kier molecular flexibility index (Phi) is 6.32. The molecule has 2 atom stereocenters. The molecular formula is C20H30N2O3. The Balaban J connectivity index is 1.64. The Morgan fingerprint density at radius 3 is 2.92 bits per heavy atom. The third kappa shape index (κ3) is 4.53. The van der Waals surface area contributed by atoms with Crippen LogP contribution in [0.1, 0.15) is 31.2 Å². The van der Waals surface area contributed by atoms with Gasteiger partial charge < -0.3 is 14.4 Å². The lowest BCUT2D eigenvalue weighted by Gasteiger charge is -2.42. The van der Waals surface area contributed by atoms with E-state index in [2.05, 4.69) is 28.0 Å². The van der Waals surface area contributed by atoms with Crippen LogP contribution in [0.25, 0.3) is 0 Å². The molecule has 5 heteroatoms. The number of hydrogen-bond acceptors (Lipinski definition) is 4. The minimum atomic E-state index is 0.311. The maximum Gasteiger partial charge on any atom is 0.222 e. The number of carbonyl (C=O) groups is 1. The van der Waals surface area contributed by atoms with Gasteiger partial charge in [0.15, 0.2) is 0 Å². The summed E-state index contributed by atoms with van der Waals surface area (Å²) < 4.78 is 10.6. The quantitative estimate of drug-likeness (QED) is 0.794. The van der Waals surface area contributed by atoms with Crippen molar-refractivity contribution in [1.29, 1.82) is 0 Å². The van der Waals surface area contributed by atoms with E-state index in [-0.39, 0.29) is 0 Å². The normalized spacial score (nSPS) is 24.7. The second-order valence-corrected chi connectivity index (χ2v) is 7.17. The van der Waals surface area contributed by atoms with Crippen LogP contribution >= 0.6 is 0 Å². The first-order chi connectivity index (χ1) is 12.2. The molecule has 0 spiro atoms. The van der Waals surface area contributed by atoms with Crippen LogP contribution in [0.2, 0.25) is 0 Å². The van der Waals surface area contributed by atoms with Crippen LogP contribution < -0.4 is 4.74 Å². The Morgan fingerprint density at radius 2 is 2.12 bits per heavy atom. The maximum atomic E-state index is 12.5. The Labute approximate surface area is 150 Å². The molecule has 2 aliphatic heterocycles. The largest absolute Gasteiger partial charge is 0.497 e. The summed E-state index contributed by atoms with van der Waals surface area (Å²) in [6.45, 7) is 4.41. The van der Waals surface area contributed by atoms with Gasteiger partial charge in [-0.1, -0.05) is 12.1 Å². The predicted molar refractivity (Wildman–Crippen MR) is 97.6 cm³/mol. The Hall–Kier alpha value is -1.59. The molecule has 1 aromatic carbocycles. The first-order valence-electron chi connectivity index (χ1n) is 9.35. The van der Waals surface area contributed by atoms with Crippen LogP contribution in [0.5, 0.6) is 5.75 Å². The molecule has 2 saturated heterocycles. The van der Waals surface area contributed by atoms with Crippen LogP contribution in [0.4, 0.5) is 0 Å². The summed E-state index contributed by atoms with van der Waals surface area (Å²) >= 11 is 0. The highest BCUT2D eigenvalue weighted by atomic mass is 16.5.